The molecule has 2 aromatic carbocycles. The van der Waals surface area contributed by atoms with Gasteiger partial charge in [-0.3, -0.25) is 4.79 Å². The van der Waals surface area contributed by atoms with Gasteiger partial charge in [0, 0.05) is 5.92 Å². The summed E-state index contributed by atoms with van der Waals surface area (Å²) in [5.74, 6) is 0.611. The Hall–Kier alpha value is -1.93. The molecule has 0 spiro atoms. The molecular weight excluding hydrogens is 380 g/mol. The lowest BCUT2D eigenvalue weighted by atomic mass is 9.64. The molecule has 160 valence electrons. The van der Waals surface area contributed by atoms with Gasteiger partial charge in [0.2, 0.25) is 0 Å². The van der Waals surface area contributed by atoms with Gasteiger partial charge in [-0.05, 0) is 36.8 Å². The van der Waals surface area contributed by atoms with E-state index in [1.807, 2.05) is 0 Å². The summed E-state index contributed by atoms with van der Waals surface area (Å²) in [6.45, 7) is 7.02. The zero-order valence-corrected chi connectivity index (χ0v) is 20.1. The van der Waals surface area contributed by atoms with Gasteiger partial charge in [0.1, 0.15) is 5.78 Å². The number of Topliss-reactive ketones (excluding diaryl/α,β-unsaturated/α-hetero) is 1. The van der Waals surface area contributed by atoms with Crippen LogP contribution >= 0.6 is 0 Å². The van der Waals surface area contributed by atoms with Gasteiger partial charge in [-0.25, -0.2) is 0 Å². The Morgan fingerprint density at radius 2 is 1.47 bits per heavy atom. The molecule has 0 saturated heterocycles. The Morgan fingerprint density at radius 3 is 2.03 bits per heavy atom. The minimum absolute atomic E-state index is 0.135. The second-order valence-electron chi connectivity index (χ2n) is 9.22. The van der Waals surface area contributed by atoms with E-state index in [0.29, 0.717) is 5.78 Å². The van der Waals surface area contributed by atoms with Crippen LogP contribution in [0.4, 0.5) is 0 Å². The van der Waals surface area contributed by atoms with Crippen LogP contribution in [0.25, 0.3) is 0 Å². The molecule has 0 bridgehead atoms. The average molecular weight is 419 g/mol. The zero-order chi connectivity index (χ0) is 21.5. The first kappa shape index (κ1) is 22.7. The van der Waals surface area contributed by atoms with Crippen molar-refractivity contribution >= 4 is 13.9 Å². The molecule has 0 aliphatic heterocycles. The van der Waals surface area contributed by atoms with Crippen molar-refractivity contribution < 1.29 is 4.79 Å². The van der Waals surface area contributed by atoms with Crippen LogP contribution in [0.1, 0.15) is 51.2 Å². The maximum atomic E-state index is 14.0. The number of hydrogen-bond donors (Lipinski definition) is 0. The smallest absolute Gasteiger partial charge is 0.146 e. The fourth-order valence-corrected chi connectivity index (χ4v) is 8.10. The summed E-state index contributed by atoms with van der Waals surface area (Å²) in [4.78, 5) is 14.0. The molecule has 0 radical (unpaired) electrons. The standard InChI is InChI=1S/C28H38OSi/c1-4-30(5-2,6-3)21-20-28(23-25-16-11-8-12-17-25)19-13-18-26(27(28)29)22-24-14-9-7-10-15-24/h7-12,14-17,20-21,26H,4-6,13,18-19,22-23H2,1-3H3/b21-20+/t26-,28+/m0/s1. The Kier molecular flexibility index (Phi) is 7.88. The van der Waals surface area contributed by atoms with Crippen LogP contribution in [0.3, 0.4) is 0 Å². The molecule has 0 aromatic heterocycles. The van der Waals surface area contributed by atoms with Gasteiger partial charge in [0.05, 0.1) is 13.5 Å². The molecule has 2 aromatic rings. The van der Waals surface area contributed by atoms with Crippen molar-refractivity contribution in [3.05, 3.63) is 83.6 Å². The minimum Gasteiger partial charge on any atom is -0.298 e. The van der Waals surface area contributed by atoms with Gasteiger partial charge in [-0.2, -0.15) is 0 Å². The second-order valence-corrected chi connectivity index (χ2v) is 14.4. The number of carbonyl (C=O) groups is 1. The average Bonchev–Trinajstić information content (AvgIpc) is 2.80. The van der Waals surface area contributed by atoms with Crippen molar-refractivity contribution in [3.8, 4) is 0 Å². The summed E-state index contributed by atoms with van der Waals surface area (Å²) in [6.07, 6.45) is 7.28. The predicted molar refractivity (Wildman–Crippen MR) is 131 cm³/mol. The molecule has 1 nitrogen and oxygen atoms in total. The Labute approximate surface area is 184 Å². The first-order chi connectivity index (χ1) is 14.6. The molecule has 1 aliphatic rings. The van der Waals surface area contributed by atoms with E-state index in [-0.39, 0.29) is 11.3 Å². The van der Waals surface area contributed by atoms with Crippen LogP contribution < -0.4 is 0 Å². The monoisotopic (exact) mass is 418 g/mol. The second kappa shape index (κ2) is 10.4. The van der Waals surface area contributed by atoms with Crippen LogP contribution in [-0.2, 0) is 17.6 Å². The molecule has 0 unspecified atom stereocenters. The van der Waals surface area contributed by atoms with Crippen molar-refractivity contribution in [1.29, 1.82) is 0 Å². The van der Waals surface area contributed by atoms with Crippen molar-refractivity contribution in [2.24, 2.45) is 11.3 Å². The molecule has 2 heteroatoms. The van der Waals surface area contributed by atoms with Crippen LogP contribution in [0.15, 0.2) is 72.4 Å². The molecule has 0 heterocycles. The highest BCUT2D eigenvalue weighted by Crippen LogP contribution is 2.42. The van der Waals surface area contributed by atoms with Crippen LogP contribution in [-0.4, -0.2) is 13.9 Å². The number of ketones is 1. The van der Waals surface area contributed by atoms with Crippen molar-refractivity contribution in [3.63, 3.8) is 0 Å². The number of allylic oxidation sites excluding steroid dienone is 1. The lowest BCUT2D eigenvalue weighted by Crippen LogP contribution is -2.42. The Bertz CT molecular complexity index is 814. The number of carbonyl (C=O) groups excluding carboxylic acids is 1. The van der Waals surface area contributed by atoms with E-state index < -0.39 is 8.07 Å². The number of hydrogen-bond acceptors (Lipinski definition) is 1. The maximum Gasteiger partial charge on any atom is 0.146 e. The molecule has 0 amide bonds. The summed E-state index contributed by atoms with van der Waals surface area (Å²) in [6, 6.07) is 25.0. The quantitative estimate of drug-likeness (QED) is 0.387. The number of rotatable bonds is 9. The van der Waals surface area contributed by atoms with E-state index in [9.17, 15) is 4.79 Å². The van der Waals surface area contributed by atoms with Crippen molar-refractivity contribution in [2.45, 2.75) is 71.0 Å². The first-order valence-electron chi connectivity index (χ1n) is 11.9. The fourth-order valence-electron chi connectivity index (χ4n) is 5.22. The topological polar surface area (TPSA) is 17.1 Å². The highest BCUT2D eigenvalue weighted by Gasteiger charge is 2.43. The van der Waals surface area contributed by atoms with E-state index >= 15 is 0 Å². The Balaban J connectivity index is 1.94. The molecule has 1 fully saturated rings. The zero-order valence-electron chi connectivity index (χ0n) is 19.1. The number of benzene rings is 2. The third-order valence-corrected chi connectivity index (χ3v) is 12.7. The van der Waals surface area contributed by atoms with Crippen LogP contribution in [0.2, 0.25) is 18.1 Å². The summed E-state index contributed by atoms with van der Waals surface area (Å²) in [5.41, 5.74) is 4.79. The van der Waals surface area contributed by atoms with Gasteiger partial charge in [-0.15, -0.1) is 0 Å². The lowest BCUT2D eigenvalue weighted by Gasteiger charge is -2.39. The van der Waals surface area contributed by atoms with Gasteiger partial charge in [-0.1, -0.05) is 118 Å². The SMILES string of the molecule is CC[Si](/C=C/[C@@]1(Cc2ccccc2)CCC[C@@H](Cc2ccccc2)C1=O)(CC)CC. The molecule has 1 saturated carbocycles. The molecule has 0 N–H and O–H groups in total. The molecule has 1 aliphatic carbocycles. The van der Waals surface area contributed by atoms with E-state index in [0.717, 1.165) is 32.1 Å². The molecule has 3 rings (SSSR count). The summed E-state index contributed by atoms with van der Waals surface area (Å²) in [5, 5.41) is 0. The largest absolute Gasteiger partial charge is 0.298 e. The molecular formula is C28H38OSi. The predicted octanol–water partition coefficient (Wildman–Crippen LogP) is 7.43. The van der Waals surface area contributed by atoms with Crippen molar-refractivity contribution in [2.75, 3.05) is 0 Å². The first-order valence-corrected chi connectivity index (χ1v) is 14.6. The normalized spacial score (nSPS) is 22.5. The van der Waals surface area contributed by atoms with Gasteiger partial charge < -0.3 is 0 Å². The van der Waals surface area contributed by atoms with E-state index in [2.05, 4.69) is 93.2 Å². The molecule has 2 atom stereocenters. The Morgan fingerprint density at radius 1 is 0.900 bits per heavy atom. The molecule has 30 heavy (non-hydrogen) atoms. The summed E-state index contributed by atoms with van der Waals surface area (Å²) in [7, 11) is -1.42. The van der Waals surface area contributed by atoms with E-state index in [4.69, 9.17) is 0 Å². The van der Waals surface area contributed by atoms with Crippen molar-refractivity contribution in [1.82, 2.24) is 0 Å². The highest BCUT2D eigenvalue weighted by atomic mass is 28.3. The highest BCUT2D eigenvalue weighted by molar-refractivity contribution is 6.84. The van der Waals surface area contributed by atoms with Gasteiger partial charge >= 0.3 is 0 Å². The van der Waals surface area contributed by atoms with Crippen LogP contribution in [0.5, 0.6) is 0 Å². The maximum absolute atomic E-state index is 14.0. The van der Waals surface area contributed by atoms with Gasteiger partial charge in [0.15, 0.2) is 0 Å². The van der Waals surface area contributed by atoms with E-state index in [1.165, 1.54) is 29.3 Å². The van der Waals surface area contributed by atoms with E-state index in [1.54, 1.807) is 0 Å². The third kappa shape index (κ3) is 5.21. The minimum atomic E-state index is -1.42. The lowest BCUT2D eigenvalue weighted by molar-refractivity contribution is -0.133. The summed E-state index contributed by atoms with van der Waals surface area (Å²) < 4.78 is 0. The van der Waals surface area contributed by atoms with Crippen LogP contribution in [0, 0.1) is 11.3 Å². The summed E-state index contributed by atoms with van der Waals surface area (Å²) >= 11 is 0. The third-order valence-electron chi connectivity index (χ3n) is 7.59. The fraction of sp³-hybridized carbons (Fsp3) is 0.464. The van der Waals surface area contributed by atoms with Gasteiger partial charge in [0.25, 0.3) is 0 Å².